The highest BCUT2D eigenvalue weighted by Gasteiger charge is 2.13. The number of fused-ring (bicyclic) bond motifs is 1. The number of aromatic nitrogens is 3. The van der Waals surface area contributed by atoms with Gasteiger partial charge in [-0.15, -0.1) is 0 Å². The van der Waals surface area contributed by atoms with Gasteiger partial charge in [-0.2, -0.15) is 5.10 Å². The van der Waals surface area contributed by atoms with Crippen molar-refractivity contribution >= 4 is 11.1 Å². The molecule has 2 N–H and O–H groups in total. The van der Waals surface area contributed by atoms with Crippen LogP contribution in [0.25, 0.3) is 22.2 Å². The number of nitrogens with zero attached hydrogens (tertiary/aromatic N) is 2. The maximum Gasteiger partial charge on any atom is 0.181 e. The average Bonchev–Trinajstić information content (AvgIpc) is 2.96. The Labute approximate surface area is 104 Å². The number of hydrogen-bond acceptors (Lipinski definition) is 4. The number of nitrogens with one attached hydrogen (secondary N) is 2. The monoisotopic (exact) mass is 242 g/mol. The van der Waals surface area contributed by atoms with Gasteiger partial charge in [-0.05, 0) is 31.7 Å². The van der Waals surface area contributed by atoms with Gasteiger partial charge < -0.3 is 9.73 Å². The van der Waals surface area contributed by atoms with Gasteiger partial charge in [0.1, 0.15) is 5.52 Å². The van der Waals surface area contributed by atoms with E-state index in [1.54, 1.807) is 0 Å². The van der Waals surface area contributed by atoms with Gasteiger partial charge in [0, 0.05) is 17.8 Å². The highest BCUT2D eigenvalue weighted by molar-refractivity contribution is 5.81. The van der Waals surface area contributed by atoms with E-state index < -0.39 is 0 Å². The summed E-state index contributed by atoms with van der Waals surface area (Å²) >= 11 is 0. The number of oxazole rings is 1. The molecular formula is C13H14N4O. The first-order valence-corrected chi connectivity index (χ1v) is 5.81. The number of aryl methyl sites for hydroxylation is 1. The van der Waals surface area contributed by atoms with E-state index in [4.69, 9.17) is 4.42 Å². The van der Waals surface area contributed by atoms with Gasteiger partial charge in [-0.3, -0.25) is 5.10 Å². The normalized spacial score (nSPS) is 11.2. The lowest BCUT2D eigenvalue weighted by Crippen LogP contribution is -2.06. The number of rotatable bonds is 3. The Bertz CT molecular complexity index is 683. The average molecular weight is 242 g/mol. The highest BCUT2D eigenvalue weighted by Crippen LogP contribution is 2.28. The summed E-state index contributed by atoms with van der Waals surface area (Å²) in [6.07, 6.45) is 1.46. The van der Waals surface area contributed by atoms with Gasteiger partial charge >= 0.3 is 0 Å². The third-order valence-electron chi connectivity index (χ3n) is 2.99. The molecule has 18 heavy (non-hydrogen) atoms. The predicted molar refractivity (Wildman–Crippen MR) is 69.1 cm³/mol. The molecule has 0 aliphatic carbocycles. The van der Waals surface area contributed by atoms with Crippen LogP contribution in [0, 0.1) is 6.92 Å². The minimum absolute atomic E-state index is 0.730. The van der Waals surface area contributed by atoms with Crippen molar-refractivity contribution < 1.29 is 4.42 Å². The summed E-state index contributed by atoms with van der Waals surface area (Å²) < 4.78 is 5.34. The van der Waals surface area contributed by atoms with Crippen LogP contribution in [0.5, 0.6) is 0 Å². The minimum atomic E-state index is 0.730. The molecule has 0 amide bonds. The van der Waals surface area contributed by atoms with Crippen LogP contribution in [-0.4, -0.2) is 22.2 Å². The van der Waals surface area contributed by atoms with E-state index >= 15 is 0 Å². The fourth-order valence-corrected chi connectivity index (χ4v) is 2.17. The molecule has 0 unspecified atom stereocenters. The Kier molecular flexibility index (Phi) is 2.60. The van der Waals surface area contributed by atoms with Gasteiger partial charge in [0.15, 0.2) is 12.0 Å². The number of aromatic amines is 1. The molecule has 0 bridgehead atoms. The van der Waals surface area contributed by atoms with E-state index in [1.807, 2.05) is 32.2 Å². The fraction of sp³-hybridized carbons (Fsp3) is 0.231. The zero-order valence-corrected chi connectivity index (χ0v) is 10.3. The van der Waals surface area contributed by atoms with Crippen molar-refractivity contribution in [2.24, 2.45) is 0 Å². The lowest BCUT2D eigenvalue weighted by Gasteiger charge is -2.03. The van der Waals surface area contributed by atoms with E-state index in [0.29, 0.717) is 0 Å². The van der Waals surface area contributed by atoms with Gasteiger partial charge in [0.25, 0.3) is 0 Å². The largest absolute Gasteiger partial charge is 0.443 e. The van der Waals surface area contributed by atoms with Crippen LogP contribution in [0.1, 0.15) is 11.4 Å². The summed E-state index contributed by atoms with van der Waals surface area (Å²) in [4.78, 5) is 4.12. The topological polar surface area (TPSA) is 66.7 Å². The number of benzene rings is 1. The lowest BCUT2D eigenvalue weighted by atomic mass is 10.0. The molecule has 5 heteroatoms. The molecule has 2 heterocycles. The van der Waals surface area contributed by atoms with E-state index in [1.165, 1.54) is 6.39 Å². The Morgan fingerprint density at radius 1 is 1.39 bits per heavy atom. The van der Waals surface area contributed by atoms with Crippen LogP contribution in [0.3, 0.4) is 0 Å². The van der Waals surface area contributed by atoms with Crippen molar-refractivity contribution in [3.63, 3.8) is 0 Å². The molecular weight excluding hydrogens is 228 g/mol. The minimum Gasteiger partial charge on any atom is -0.443 e. The SMILES string of the molecule is CNCc1n[nH]c(C)c1-c1ccc2ncoc2c1. The quantitative estimate of drug-likeness (QED) is 0.739. The fourth-order valence-electron chi connectivity index (χ4n) is 2.17. The molecule has 0 spiro atoms. The third-order valence-corrected chi connectivity index (χ3v) is 2.99. The van der Waals surface area contributed by atoms with Gasteiger partial charge in [-0.1, -0.05) is 6.07 Å². The van der Waals surface area contributed by atoms with Crippen LogP contribution >= 0.6 is 0 Å². The second-order valence-electron chi connectivity index (χ2n) is 4.24. The van der Waals surface area contributed by atoms with E-state index in [9.17, 15) is 0 Å². The molecule has 0 saturated heterocycles. The summed E-state index contributed by atoms with van der Waals surface area (Å²) in [5, 5.41) is 10.5. The lowest BCUT2D eigenvalue weighted by molar-refractivity contribution is 0.602. The summed E-state index contributed by atoms with van der Waals surface area (Å²) in [6.45, 7) is 2.75. The van der Waals surface area contributed by atoms with Gasteiger partial charge in [0.05, 0.1) is 5.69 Å². The zero-order chi connectivity index (χ0) is 12.5. The molecule has 0 aliphatic rings. The molecule has 3 rings (SSSR count). The predicted octanol–water partition coefficient (Wildman–Crippen LogP) is 2.25. The molecule has 0 fully saturated rings. The Morgan fingerprint density at radius 3 is 3.11 bits per heavy atom. The molecule has 0 atom stereocenters. The number of H-pyrrole nitrogens is 1. The molecule has 0 saturated carbocycles. The molecule has 5 nitrogen and oxygen atoms in total. The van der Waals surface area contributed by atoms with Crippen molar-refractivity contribution in [1.82, 2.24) is 20.5 Å². The first-order chi connectivity index (χ1) is 8.79. The van der Waals surface area contributed by atoms with Crippen molar-refractivity contribution in [3.8, 4) is 11.1 Å². The molecule has 0 aliphatic heterocycles. The first-order valence-electron chi connectivity index (χ1n) is 5.81. The van der Waals surface area contributed by atoms with Crippen LogP contribution in [0.2, 0.25) is 0 Å². The van der Waals surface area contributed by atoms with Crippen LogP contribution < -0.4 is 5.32 Å². The summed E-state index contributed by atoms with van der Waals surface area (Å²) in [5.74, 6) is 0. The van der Waals surface area contributed by atoms with Crippen molar-refractivity contribution in [2.45, 2.75) is 13.5 Å². The van der Waals surface area contributed by atoms with E-state index in [-0.39, 0.29) is 0 Å². The van der Waals surface area contributed by atoms with Crippen molar-refractivity contribution in [1.29, 1.82) is 0 Å². The van der Waals surface area contributed by atoms with Gasteiger partial charge in [-0.25, -0.2) is 4.98 Å². The molecule has 2 aromatic heterocycles. The first kappa shape index (κ1) is 11.0. The van der Waals surface area contributed by atoms with Crippen molar-refractivity contribution in [3.05, 3.63) is 36.0 Å². The molecule has 92 valence electrons. The zero-order valence-electron chi connectivity index (χ0n) is 10.3. The molecule has 3 aromatic rings. The Hall–Kier alpha value is -2.14. The second kappa shape index (κ2) is 4.27. The van der Waals surface area contributed by atoms with Gasteiger partial charge in [0.2, 0.25) is 0 Å². The van der Waals surface area contributed by atoms with E-state index in [2.05, 4.69) is 20.5 Å². The maximum atomic E-state index is 5.34. The second-order valence-corrected chi connectivity index (χ2v) is 4.24. The standard InChI is InChI=1S/C13H14N4O/c1-8-13(11(6-14-2)17-16-8)9-3-4-10-12(5-9)18-7-15-10/h3-5,7,14H,6H2,1-2H3,(H,16,17). The summed E-state index contributed by atoms with van der Waals surface area (Å²) in [5.41, 5.74) is 5.95. The van der Waals surface area contributed by atoms with Crippen LogP contribution in [-0.2, 0) is 6.54 Å². The molecule has 0 radical (unpaired) electrons. The van der Waals surface area contributed by atoms with E-state index in [0.717, 1.165) is 40.2 Å². The Balaban J connectivity index is 2.15. The van der Waals surface area contributed by atoms with Crippen LogP contribution in [0.4, 0.5) is 0 Å². The third kappa shape index (κ3) is 1.69. The highest BCUT2D eigenvalue weighted by atomic mass is 16.3. The van der Waals surface area contributed by atoms with Crippen LogP contribution in [0.15, 0.2) is 29.0 Å². The summed E-state index contributed by atoms with van der Waals surface area (Å²) in [6, 6.07) is 6.00. The van der Waals surface area contributed by atoms with Crippen molar-refractivity contribution in [2.75, 3.05) is 7.05 Å². The maximum absolute atomic E-state index is 5.34. The number of hydrogen-bond donors (Lipinski definition) is 2. The summed E-state index contributed by atoms with van der Waals surface area (Å²) in [7, 11) is 1.91. The Morgan fingerprint density at radius 2 is 2.28 bits per heavy atom. The smallest absolute Gasteiger partial charge is 0.181 e. The molecule has 1 aromatic carbocycles.